The number of para-hydroxylation sites is 8. The minimum Gasteiger partial charge on any atom is -0.497 e. The van der Waals surface area contributed by atoms with Crippen LogP contribution in [0.25, 0.3) is 154 Å². The van der Waals surface area contributed by atoms with Gasteiger partial charge in [0.2, 0.25) is 0 Å². The van der Waals surface area contributed by atoms with Crippen molar-refractivity contribution in [3.8, 4) is 23.0 Å². The first-order valence-electron chi connectivity index (χ1n) is 29.4. The van der Waals surface area contributed by atoms with Gasteiger partial charge < -0.3 is 28.5 Å². The Morgan fingerprint density at radius 1 is 0.344 bits per heavy atom. The number of imidazole rings is 4. The summed E-state index contributed by atoms with van der Waals surface area (Å²) in [5.41, 5.74) is 16.7. The van der Waals surface area contributed by atoms with Crippen LogP contribution in [0.3, 0.4) is 0 Å². The van der Waals surface area contributed by atoms with E-state index in [-0.39, 0.29) is 40.8 Å². The van der Waals surface area contributed by atoms with Crippen LogP contribution in [0, 0.1) is 12.1 Å². The molecule has 20 rings (SSSR count). The van der Waals surface area contributed by atoms with Gasteiger partial charge in [-0.05, 0) is 84.9 Å². The number of nitrogens with zero attached hydrogens (tertiary/aromatic N) is 16. The first-order valence-corrected chi connectivity index (χ1v) is 29.4. The maximum atomic E-state index is 9.00. The quantitative estimate of drug-likeness (QED) is 0.0942. The summed E-state index contributed by atoms with van der Waals surface area (Å²) in [6.07, 6.45) is 13.7. The van der Waals surface area contributed by atoms with Crippen molar-refractivity contribution in [3.05, 3.63) is 219 Å². The zero-order valence-corrected chi connectivity index (χ0v) is 53.1. The summed E-state index contributed by atoms with van der Waals surface area (Å²) in [7, 11) is 0. The number of aliphatic carboxylic acids is 2. The maximum absolute atomic E-state index is 9.00. The second kappa shape index (κ2) is 24.1. The molecule has 12 aromatic heterocycles. The van der Waals surface area contributed by atoms with Gasteiger partial charge in [0.1, 0.15) is 45.1 Å². The molecule has 20 aromatic rings. The second-order valence-electron chi connectivity index (χ2n) is 21.8. The molecule has 0 atom stereocenters. The minimum absolute atomic E-state index is 0. The molecule has 12 heterocycles. The SMILES string of the molecule is CC(=O)O.CC(=O)O.[Pd+2].[Pd].[c-]1c(Oc2[c-]c3c(cc2)c2nccnc2n2c4ccccc4nc32)ccc2c1c1nc3ccccc3n1c1nccnc21.c1ccc2c(c1)nc1c3cc(Oc4ccc5c(c4)c4nc6ccccc6n4c4nccnc54)ccc3c3nccnc3n21. The van der Waals surface area contributed by atoms with Gasteiger partial charge >= 0.3 is 20.4 Å². The van der Waals surface area contributed by atoms with E-state index in [2.05, 4.69) is 63.0 Å². The maximum Gasteiger partial charge on any atom is 2.00 e. The molecular formula is C72H42N16O6Pd2. The molecule has 0 aliphatic carbocycles. The van der Waals surface area contributed by atoms with Crippen molar-refractivity contribution < 1.29 is 70.1 Å². The fourth-order valence-electron chi connectivity index (χ4n) is 12.4. The van der Waals surface area contributed by atoms with Crippen molar-refractivity contribution in [3.63, 3.8) is 0 Å². The molecule has 0 radical (unpaired) electrons. The van der Waals surface area contributed by atoms with Crippen molar-refractivity contribution >= 4 is 166 Å². The van der Waals surface area contributed by atoms with Crippen molar-refractivity contribution in [1.82, 2.24) is 77.4 Å². The van der Waals surface area contributed by atoms with E-state index in [1.54, 1.807) is 49.6 Å². The topological polar surface area (TPSA) is 265 Å². The third-order valence-electron chi connectivity index (χ3n) is 16.0. The Morgan fingerprint density at radius 2 is 0.625 bits per heavy atom. The van der Waals surface area contributed by atoms with E-state index in [1.165, 1.54) is 0 Å². The fourth-order valence-corrected chi connectivity index (χ4v) is 12.4. The van der Waals surface area contributed by atoms with Gasteiger partial charge in [0.15, 0.2) is 11.3 Å². The van der Waals surface area contributed by atoms with Gasteiger partial charge in [-0.25, -0.2) is 29.9 Å². The number of hydrogen-bond donors (Lipinski definition) is 2. The number of aromatic nitrogens is 16. The van der Waals surface area contributed by atoms with Crippen LogP contribution in [-0.2, 0) is 50.4 Å². The van der Waals surface area contributed by atoms with Crippen molar-refractivity contribution in [2.45, 2.75) is 13.8 Å². The molecule has 0 aliphatic rings. The van der Waals surface area contributed by atoms with E-state index < -0.39 is 11.9 Å². The molecular weight excluding hydrogens is 1400 g/mol. The summed E-state index contributed by atoms with van der Waals surface area (Å²) >= 11 is 0. The van der Waals surface area contributed by atoms with Crippen molar-refractivity contribution in [1.29, 1.82) is 0 Å². The van der Waals surface area contributed by atoms with Crippen LogP contribution in [0.1, 0.15) is 13.8 Å². The molecule has 0 amide bonds. The standard InChI is InChI=1S/C34H18N8O.C34H16N8O.2C2H4O2.2Pd/c2*1-3-7-27-25(5-1)39-31-23-17-19(9-11-21(23)29-33(41(27)31)37-15-13-35-29)43-20-10-12-22-24(18-20)32-40-26-6-2-4-8-28(26)42(32)34-30(22)36-14-16-38-34;2*1-2(3)4;;/h1-18H;1-16H;2*1H3,(H,3,4);;/q;-2;;;;+2. The predicted molar refractivity (Wildman–Crippen MR) is 358 cm³/mol. The van der Waals surface area contributed by atoms with Crippen LogP contribution in [-0.4, -0.2) is 99.6 Å². The third kappa shape index (κ3) is 9.95. The number of carboxylic acid groups (broad SMARTS) is 2. The average Bonchev–Trinajstić information content (AvgIpc) is 1.52. The Labute approximate surface area is 566 Å². The van der Waals surface area contributed by atoms with E-state index in [0.717, 1.165) is 168 Å². The zero-order valence-electron chi connectivity index (χ0n) is 49.9. The normalized spacial score (nSPS) is 11.4. The summed E-state index contributed by atoms with van der Waals surface area (Å²) in [4.78, 5) is 75.2. The first kappa shape index (κ1) is 60.1. The van der Waals surface area contributed by atoms with Crippen LogP contribution in [0.15, 0.2) is 207 Å². The Hall–Kier alpha value is -12.2. The van der Waals surface area contributed by atoms with Crippen LogP contribution in [0.5, 0.6) is 23.0 Å². The summed E-state index contributed by atoms with van der Waals surface area (Å²) in [5.74, 6) is 0.777. The fraction of sp³-hybridized carbons (Fsp3) is 0.0278. The minimum atomic E-state index is -0.833. The molecule has 0 saturated carbocycles. The molecule has 0 unspecified atom stereocenters. The summed E-state index contributed by atoms with van der Waals surface area (Å²) in [6, 6.07) is 58.9. The first-order chi connectivity index (χ1) is 46.1. The Kier molecular flexibility index (Phi) is 15.1. The summed E-state index contributed by atoms with van der Waals surface area (Å²) < 4.78 is 21.1. The van der Waals surface area contributed by atoms with E-state index in [1.807, 2.05) is 154 Å². The third-order valence-corrected chi connectivity index (χ3v) is 16.0. The van der Waals surface area contributed by atoms with E-state index >= 15 is 0 Å². The Bertz CT molecular complexity index is 5810. The number of pyridine rings is 4. The number of ether oxygens (including phenoxy) is 2. The van der Waals surface area contributed by atoms with Gasteiger partial charge in [-0.2, -0.15) is 0 Å². The summed E-state index contributed by atoms with van der Waals surface area (Å²) in [6.45, 7) is 2.17. The number of carbonyl (C=O) groups is 2. The molecule has 0 saturated heterocycles. The smallest absolute Gasteiger partial charge is 0.497 e. The zero-order chi connectivity index (χ0) is 63.3. The molecule has 0 fully saturated rings. The van der Waals surface area contributed by atoms with E-state index in [0.29, 0.717) is 23.0 Å². The largest absolute Gasteiger partial charge is 2.00 e. The number of rotatable bonds is 4. The van der Waals surface area contributed by atoms with Crippen LogP contribution in [0.4, 0.5) is 0 Å². The average molecular weight is 1440 g/mol. The molecule has 0 aliphatic heterocycles. The van der Waals surface area contributed by atoms with Crippen molar-refractivity contribution in [2.75, 3.05) is 0 Å². The number of carboxylic acids is 2. The summed E-state index contributed by atoms with van der Waals surface area (Å²) in [5, 5.41) is 22.0. The van der Waals surface area contributed by atoms with Crippen LogP contribution in [0.2, 0.25) is 0 Å². The van der Waals surface area contributed by atoms with Gasteiger partial charge in [0.25, 0.3) is 11.9 Å². The monoisotopic (exact) mass is 1440 g/mol. The second-order valence-corrected chi connectivity index (χ2v) is 21.8. The Balaban J connectivity index is 0.000000139. The van der Waals surface area contributed by atoms with E-state index in [4.69, 9.17) is 59.2 Å². The molecule has 24 heteroatoms. The van der Waals surface area contributed by atoms with Gasteiger partial charge in [-0.15, -0.1) is 12.1 Å². The molecule has 0 bridgehead atoms. The van der Waals surface area contributed by atoms with Gasteiger partial charge in [-0.3, -0.25) is 48.3 Å². The molecule has 466 valence electrons. The van der Waals surface area contributed by atoms with Gasteiger partial charge in [-0.1, -0.05) is 94.3 Å². The van der Waals surface area contributed by atoms with Gasteiger partial charge in [0.05, 0.1) is 66.5 Å². The Morgan fingerprint density at radius 3 is 0.969 bits per heavy atom. The van der Waals surface area contributed by atoms with Crippen LogP contribution < -0.4 is 9.47 Å². The van der Waals surface area contributed by atoms with E-state index in [9.17, 15) is 0 Å². The molecule has 0 spiro atoms. The van der Waals surface area contributed by atoms with Crippen LogP contribution >= 0.6 is 0 Å². The van der Waals surface area contributed by atoms with Gasteiger partial charge in [0, 0.05) is 117 Å². The number of hydrogen-bond acceptors (Lipinski definition) is 16. The number of fused-ring (bicyclic) bond motifs is 32. The number of benzene rings is 8. The van der Waals surface area contributed by atoms with Crippen molar-refractivity contribution in [2.24, 2.45) is 0 Å². The molecule has 8 aromatic carbocycles. The molecule has 96 heavy (non-hydrogen) atoms. The molecule has 2 N–H and O–H groups in total. The predicted octanol–water partition coefficient (Wildman–Crippen LogP) is 14.3. The molecule has 22 nitrogen and oxygen atoms in total.